The molecule has 9 nitrogen and oxygen atoms in total. The van der Waals surface area contributed by atoms with Crippen molar-refractivity contribution in [3.63, 3.8) is 0 Å². The van der Waals surface area contributed by atoms with E-state index in [1.807, 2.05) is 13.8 Å². The molecule has 0 radical (unpaired) electrons. The second-order valence-corrected chi connectivity index (χ2v) is 13.4. The summed E-state index contributed by atoms with van der Waals surface area (Å²) in [5.74, 6) is 0.254. The van der Waals surface area contributed by atoms with Crippen molar-refractivity contribution < 1.29 is 27.8 Å². The number of rotatable bonds is 7. The second kappa shape index (κ2) is 9.71. The van der Waals surface area contributed by atoms with Gasteiger partial charge in [0, 0.05) is 36.7 Å². The van der Waals surface area contributed by atoms with Crippen LogP contribution in [0.2, 0.25) is 5.02 Å². The number of halogens is 1. The van der Waals surface area contributed by atoms with E-state index in [1.54, 1.807) is 21.3 Å². The summed E-state index contributed by atoms with van der Waals surface area (Å²) in [6.45, 7) is 6.83. The number of ether oxygens (including phenoxy) is 2. The molecule has 4 fully saturated rings. The molecule has 2 aliphatic carbocycles. The number of hydrogen-bond acceptors (Lipinski definition) is 7. The van der Waals surface area contributed by atoms with Gasteiger partial charge in [-0.3, -0.25) is 4.90 Å². The van der Waals surface area contributed by atoms with Gasteiger partial charge in [0.25, 0.3) is 0 Å². The van der Waals surface area contributed by atoms with Gasteiger partial charge in [0.05, 0.1) is 36.8 Å². The molecule has 1 N–H and O–H groups in total. The summed E-state index contributed by atoms with van der Waals surface area (Å²) in [6, 6.07) is 5.39. The molecular formula is C25H36ClN3O6S. The van der Waals surface area contributed by atoms with Gasteiger partial charge < -0.3 is 19.5 Å². The Bertz CT molecular complexity index is 1070. The van der Waals surface area contributed by atoms with Crippen molar-refractivity contribution in [2.24, 2.45) is 5.92 Å². The van der Waals surface area contributed by atoms with Crippen molar-refractivity contribution in [1.29, 1.82) is 0 Å². The summed E-state index contributed by atoms with van der Waals surface area (Å²) in [5, 5.41) is 10.1. The van der Waals surface area contributed by atoms with E-state index in [9.17, 15) is 18.3 Å². The molecular weight excluding hydrogens is 506 g/mol. The summed E-state index contributed by atoms with van der Waals surface area (Å²) >= 11 is 6.02. The van der Waals surface area contributed by atoms with Gasteiger partial charge in [-0.2, -0.15) is 4.31 Å². The second-order valence-electron chi connectivity index (χ2n) is 11.1. The summed E-state index contributed by atoms with van der Waals surface area (Å²) in [4.78, 5) is 17.3. The lowest BCUT2D eigenvalue weighted by molar-refractivity contribution is -0.0779. The Kier molecular flexibility index (Phi) is 7.06. The molecule has 5 rings (SSSR count). The van der Waals surface area contributed by atoms with Crippen LogP contribution in [0, 0.1) is 5.92 Å². The highest BCUT2D eigenvalue weighted by Crippen LogP contribution is 2.50. The summed E-state index contributed by atoms with van der Waals surface area (Å²) in [6.07, 6.45) is 2.73. The lowest BCUT2D eigenvalue weighted by atomic mass is 10.0. The van der Waals surface area contributed by atoms with Crippen LogP contribution in [0.5, 0.6) is 0 Å². The van der Waals surface area contributed by atoms with Gasteiger partial charge in [-0.1, -0.05) is 11.6 Å². The van der Waals surface area contributed by atoms with Gasteiger partial charge in [0.2, 0.25) is 10.0 Å². The third kappa shape index (κ3) is 5.00. The number of hydrogen-bond donors (Lipinski definition) is 1. The molecule has 36 heavy (non-hydrogen) atoms. The number of aliphatic hydroxyl groups is 1. The number of amides is 1. The van der Waals surface area contributed by atoms with E-state index in [2.05, 4.69) is 4.90 Å². The maximum absolute atomic E-state index is 13.9. The Balaban J connectivity index is 1.34. The first kappa shape index (κ1) is 26.2. The van der Waals surface area contributed by atoms with Gasteiger partial charge >= 0.3 is 6.09 Å². The van der Waals surface area contributed by atoms with Crippen molar-refractivity contribution in [2.45, 2.75) is 67.6 Å². The Labute approximate surface area is 218 Å². The van der Waals surface area contributed by atoms with E-state index in [4.69, 9.17) is 21.1 Å². The molecule has 2 heterocycles. The van der Waals surface area contributed by atoms with E-state index in [-0.39, 0.29) is 35.6 Å². The van der Waals surface area contributed by atoms with Gasteiger partial charge in [-0.05, 0) is 69.7 Å². The molecule has 200 valence electrons. The lowest BCUT2D eigenvalue weighted by Gasteiger charge is -2.45. The predicted octanol–water partition coefficient (Wildman–Crippen LogP) is 2.57. The molecule has 1 aromatic carbocycles. The normalized spacial score (nSPS) is 27.6. The number of carbonyl (C=O) groups excluding carboxylic acids is 1. The zero-order valence-corrected chi connectivity index (χ0v) is 22.5. The minimum atomic E-state index is -3.85. The third-order valence-corrected chi connectivity index (χ3v) is 10.4. The van der Waals surface area contributed by atoms with Crippen molar-refractivity contribution in [3.05, 3.63) is 29.3 Å². The molecule has 0 bridgehead atoms. The molecule has 2 saturated carbocycles. The Morgan fingerprint density at radius 1 is 1.14 bits per heavy atom. The highest BCUT2D eigenvalue weighted by atomic mass is 35.5. The monoisotopic (exact) mass is 541 g/mol. The molecule has 0 spiro atoms. The van der Waals surface area contributed by atoms with Crippen molar-refractivity contribution in [1.82, 2.24) is 14.1 Å². The van der Waals surface area contributed by atoms with Gasteiger partial charge in [0.15, 0.2) is 0 Å². The van der Waals surface area contributed by atoms with Crippen LogP contribution < -0.4 is 0 Å². The van der Waals surface area contributed by atoms with E-state index in [1.165, 1.54) is 12.1 Å². The fourth-order valence-electron chi connectivity index (χ4n) is 5.42. The molecule has 1 aromatic rings. The van der Waals surface area contributed by atoms with Crippen LogP contribution in [0.1, 0.15) is 39.5 Å². The molecule has 1 unspecified atom stereocenters. The summed E-state index contributed by atoms with van der Waals surface area (Å²) in [5.41, 5.74) is -1.23. The molecule has 2 atom stereocenters. The zero-order chi connectivity index (χ0) is 25.7. The Hall–Kier alpha value is -1.43. The number of carbonyl (C=O) groups is 1. The maximum atomic E-state index is 13.9. The van der Waals surface area contributed by atoms with Gasteiger partial charge in [0.1, 0.15) is 5.60 Å². The van der Waals surface area contributed by atoms with Gasteiger partial charge in [-0.15, -0.1) is 0 Å². The minimum absolute atomic E-state index is 0.0440. The number of piperazine rings is 1. The van der Waals surface area contributed by atoms with E-state index in [0.717, 1.165) is 12.8 Å². The SMILES string of the molecule is CC(C)(CO)N1CCN(C(=O)OC2([C@H]3COCC(C4CC4)N3S(=O)(=O)c3ccc(Cl)cc3)CC2)CC1. The Morgan fingerprint density at radius 2 is 1.78 bits per heavy atom. The topological polar surface area (TPSA) is 99.6 Å². The first-order chi connectivity index (χ1) is 17.1. The molecule has 2 saturated heterocycles. The van der Waals surface area contributed by atoms with Crippen LogP contribution in [-0.4, -0.2) is 103 Å². The van der Waals surface area contributed by atoms with Crippen LogP contribution in [0.15, 0.2) is 29.2 Å². The fraction of sp³-hybridized carbons (Fsp3) is 0.720. The maximum Gasteiger partial charge on any atom is 0.410 e. The number of sulfonamides is 1. The minimum Gasteiger partial charge on any atom is -0.441 e. The van der Waals surface area contributed by atoms with Crippen LogP contribution >= 0.6 is 11.6 Å². The number of aliphatic hydroxyl groups excluding tert-OH is 1. The highest BCUT2D eigenvalue weighted by molar-refractivity contribution is 7.89. The van der Waals surface area contributed by atoms with E-state index >= 15 is 0 Å². The van der Waals surface area contributed by atoms with Crippen LogP contribution in [0.3, 0.4) is 0 Å². The first-order valence-corrected chi connectivity index (χ1v) is 14.6. The third-order valence-electron chi connectivity index (χ3n) is 8.18. The quantitative estimate of drug-likeness (QED) is 0.566. The van der Waals surface area contributed by atoms with Crippen molar-refractivity contribution in [2.75, 3.05) is 46.0 Å². The Morgan fingerprint density at radius 3 is 2.33 bits per heavy atom. The molecule has 11 heteroatoms. The fourth-order valence-corrected chi connectivity index (χ4v) is 7.45. The summed E-state index contributed by atoms with van der Waals surface area (Å²) in [7, 11) is -3.85. The smallest absolute Gasteiger partial charge is 0.410 e. The average molecular weight is 542 g/mol. The lowest BCUT2D eigenvalue weighted by Crippen LogP contribution is -2.62. The molecule has 2 aliphatic heterocycles. The summed E-state index contributed by atoms with van der Waals surface area (Å²) < 4.78 is 41.5. The molecule has 1 amide bonds. The predicted molar refractivity (Wildman–Crippen MR) is 134 cm³/mol. The standard InChI is InChI=1S/C25H36ClN3O6S/c1-24(2,17-30)28-13-11-27(12-14-28)23(31)35-25(9-10-25)22-16-34-15-21(18-3-4-18)29(22)36(32,33)20-7-5-19(26)6-8-20/h5-8,18,21-22,30H,3-4,9-17H2,1-2H3/t21?,22-/m1/s1. The van der Waals surface area contributed by atoms with Crippen LogP contribution in [0.4, 0.5) is 4.79 Å². The van der Waals surface area contributed by atoms with Crippen LogP contribution in [-0.2, 0) is 19.5 Å². The number of benzene rings is 1. The van der Waals surface area contributed by atoms with Crippen LogP contribution in [0.25, 0.3) is 0 Å². The van der Waals surface area contributed by atoms with E-state index < -0.39 is 27.8 Å². The molecule has 0 aromatic heterocycles. The molecule has 4 aliphatic rings. The first-order valence-electron chi connectivity index (χ1n) is 12.8. The largest absolute Gasteiger partial charge is 0.441 e. The average Bonchev–Trinajstić information content (AvgIpc) is 3.80. The number of nitrogens with zero attached hydrogens (tertiary/aromatic N) is 3. The van der Waals surface area contributed by atoms with Crippen molar-refractivity contribution in [3.8, 4) is 0 Å². The van der Waals surface area contributed by atoms with Crippen molar-refractivity contribution >= 4 is 27.7 Å². The van der Waals surface area contributed by atoms with Gasteiger partial charge in [-0.25, -0.2) is 13.2 Å². The number of morpholine rings is 1. The van der Waals surface area contributed by atoms with E-state index in [0.29, 0.717) is 50.7 Å². The highest BCUT2D eigenvalue weighted by Gasteiger charge is 2.61. The zero-order valence-electron chi connectivity index (χ0n) is 20.9.